The molecule has 2 unspecified atom stereocenters. The zero-order chi connectivity index (χ0) is 23.7. The molecule has 2 atom stereocenters. The fraction of sp³-hybridized carbons (Fsp3) is 0.636. The second-order valence-electron chi connectivity index (χ2n) is 9.73. The molecule has 0 amide bonds. The lowest BCUT2D eigenvalue weighted by Crippen LogP contribution is -2.51. The lowest BCUT2D eigenvalue weighted by molar-refractivity contribution is -0.0511. The third-order valence-electron chi connectivity index (χ3n) is 6.48. The van der Waals surface area contributed by atoms with Gasteiger partial charge in [-0.2, -0.15) is 0 Å². The molecule has 1 aliphatic rings. The minimum absolute atomic E-state index is 0.00617. The number of aromatic nitrogens is 3. The smallest absolute Gasteiger partial charge is 0.217 e. The van der Waals surface area contributed by atoms with Crippen LogP contribution in [0.2, 0.25) is 18.1 Å². The van der Waals surface area contributed by atoms with Crippen LogP contribution in [0.25, 0.3) is 0 Å². The van der Waals surface area contributed by atoms with E-state index in [-0.39, 0.29) is 23.6 Å². The van der Waals surface area contributed by atoms with E-state index in [2.05, 4.69) is 46.8 Å². The van der Waals surface area contributed by atoms with Crippen molar-refractivity contribution in [2.45, 2.75) is 76.4 Å². The van der Waals surface area contributed by atoms with Gasteiger partial charge in [0, 0.05) is 25.2 Å². The number of hydrogen-bond acceptors (Lipinski definition) is 5. The van der Waals surface area contributed by atoms with Gasteiger partial charge in [0.2, 0.25) is 4.73 Å². The number of aliphatic hydroxyl groups is 1. The van der Waals surface area contributed by atoms with Gasteiger partial charge in [-0.25, -0.2) is 18.4 Å². The van der Waals surface area contributed by atoms with Crippen LogP contribution in [0.3, 0.4) is 0 Å². The SMILES string of the molecule is CC(C)(C)[Si](C)(C)OC(CCO)(c1cccc(F)c1F)c1nc(Br)nn1C1CCCCO1. The van der Waals surface area contributed by atoms with Gasteiger partial charge < -0.3 is 14.3 Å². The number of ether oxygens (including phenoxy) is 1. The number of rotatable bonds is 7. The molecule has 1 saturated heterocycles. The summed E-state index contributed by atoms with van der Waals surface area (Å²) in [6.07, 6.45) is 2.19. The van der Waals surface area contributed by atoms with Crippen molar-refractivity contribution in [3.05, 3.63) is 46.0 Å². The summed E-state index contributed by atoms with van der Waals surface area (Å²) in [5.41, 5.74) is -1.56. The van der Waals surface area contributed by atoms with Gasteiger partial charge in [0.1, 0.15) is 5.60 Å². The lowest BCUT2D eigenvalue weighted by atomic mass is 9.89. The summed E-state index contributed by atoms with van der Waals surface area (Å²) in [4.78, 5) is 4.58. The first-order valence-electron chi connectivity index (χ1n) is 10.9. The van der Waals surface area contributed by atoms with Crippen molar-refractivity contribution in [2.24, 2.45) is 0 Å². The summed E-state index contributed by atoms with van der Waals surface area (Å²) in [5, 5.41) is 14.4. The molecule has 10 heteroatoms. The molecule has 2 aromatic rings. The van der Waals surface area contributed by atoms with Crippen LogP contribution in [0.4, 0.5) is 8.78 Å². The van der Waals surface area contributed by atoms with Crippen LogP contribution in [0, 0.1) is 11.6 Å². The predicted molar refractivity (Wildman–Crippen MR) is 124 cm³/mol. The number of aliphatic hydroxyl groups excluding tert-OH is 1. The van der Waals surface area contributed by atoms with Gasteiger partial charge in [-0.1, -0.05) is 32.9 Å². The minimum atomic E-state index is -2.58. The Labute approximate surface area is 197 Å². The zero-order valence-electron chi connectivity index (χ0n) is 19.3. The molecule has 32 heavy (non-hydrogen) atoms. The Balaban J connectivity index is 2.31. The Morgan fingerprint density at radius 3 is 2.59 bits per heavy atom. The zero-order valence-corrected chi connectivity index (χ0v) is 21.9. The molecule has 0 radical (unpaired) electrons. The molecule has 0 bridgehead atoms. The van der Waals surface area contributed by atoms with Gasteiger partial charge in [0.05, 0.1) is 0 Å². The molecule has 0 spiro atoms. The Hall–Kier alpha value is -1.20. The highest BCUT2D eigenvalue weighted by molar-refractivity contribution is 9.10. The fourth-order valence-electron chi connectivity index (χ4n) is 3.77. The van der Waals surface area contributed by atoms with E-state index in [4.69, 9.17) is 9.16 Å². The molecule has 0 aliphatic carbocycles. The Morgan fingerprint density at radius 2 is 2.00 bits per heavy atom. The predicted octanol–water partition coefficient (Wildman–Crippen LogP) is 5.67. The number of halogens is 3. The van der Waals surface area contributed by atoms with Crippen LogP contribution >= 0.6 is 15.9 Å². The molecular formula is C22H32BrF2N3O3Si. The van der Waals surface area contributed by atoms with Crippen LogP contribution in [-0.4, -0.2) is 41.4 Å². The molecule has 1 fully saturated rings. The normalized spacial score (nSPS) is 19.7. The van der Waals surface area contributed by atoms with E-state index < -0.39 is 31.8 Å². The van der Waals surface area contributed by atoms with Crippen LogP contribution in [0.5, 0.6) is 0 Å². The lowest BCUT2D eigenvalue weighted by Gasteiger charge is -2.45. The maximum absolute atomic E-state index is 15.3. The van der Waals surface area contributed by atoms with Crippen molar-refractivity contribution in [1.82, 2.24) is 14.8 Å². The van der Waals surface area contributed by atoms with Gasteiger partial charge in [0.25, 0.3) is 0 Å². The summed E-state index contributed by atoms with van der Waals surface area (Å²) in [5.74, 6) is -1.71. The third kappa shape index (κ3) is 4.84. The first-order valence-corrected chi connectivity index (χ1v) is 14.6. The van der Waals surface area contributed by atoms with Crippen LogP contribution in [0.1, 0.15) is 64.1 Å². The van der Waals surface area contributed by atoms with E-state index in [0.29, 0.717) is 23.6 Å². The minimum Gasteiger partial charge on any atom is -0.400 e. The van der Waals surface area contributed by atoms with Crippen molar-refractivity contribution < 1.29 is 23.1 Å². The average molecular weight is 533 g/mol. The molecule has 1 N–H and O–H groups in total. The number of nitrogens with zero attached hydrogens (tertiary/aromatic N) is 3. The van der Waals surface area contributed by atoms with E-state index in [9.17, 15) is 9.50 Å². The van der Waals surface area contributed by atoms with Crippen molar-refractivity contribution in [2.75, 3.05) is 13.2 Å². The average Bonchev–Trinajstić information content (AvgIpc) is 3.11. The first-order chi connectivity index (χ1) is 14.9. The molecule has 1 aliphatic heterocycles. The summed E-state index contributed by atoms with van der Waals surface area (Å²) < 4.78 is 44.5. The fourth-order valence-corrected chi connectivity index (χ4v) is 5.59. The Morgan fingerprint density at radius 1 is 1.28 bits per heavy atom. The highest BCUT2D eigenvalue weighted by atomic mass is 79.9. The number of benzene rings is 1. The van der Waals surface area contributed by atoms with Crippen molar-refractivity contribution in [3.63, 3.8) is 0 Å². The van der Waals surface area contributed by atoms with Gasteiger partial charge in [-0.15, -0.1) is 5.10 Å². The molecule has 6 nitrogen and oxygen atoms in total. The Bertz CT molecular complexity index is 945. The highest BCUT2D eigenvalue weighted by Gasteiger charge is 2.51. The highest BCUT2D eigenvalue weighted by Crippen LogP contribution is 2.47. The Kier molecular flexibility index (Phi) is 7.61. The topological polar surface area (TPSA) is 69.4 Å². The quantitative estimate of drug-likeness (QED) is 0.466. The standard InChI is InChI=1S/C22H32BrF2N3O3Si/c1-21(2,3)32(4,5)31-22(12-13-29,15-9-8-10-16(24)18(15)25)19-26-20(23)27-28(19)17-11-6-7-14-30-17/h8-10,17,29H,6-7,11-14H2,1-5H3. The van der Waals surface area contributed by atoms with E-state index in [1.54, 1.807) is 4.68 Å². The molecular weight excluding hydrogens is 500 g/mol. The maximum Gasteiger partial charge on any atom is 0.217 e. The van der Waals surface area contributed by atoms with Crippen LogP contribution in [0.15, 0.2) is 22.9 Å². The van der Waals surface area contributed by atoms with Gasteiger partial charge in [0.15, 0.2) is 32.0 Å². The maximum atomic E-state index is 15.3. The van der Waals surface area contributed by atoms with Gasteiger partial charge >= 0.3 is 0 Å². The molecule has 0 saturated carbocycles. The van der Waals surface area contributed by atoms with E-state index in [0.717, 1.165) is 18.9 Å². The van der Waals surface area contributed by atoms with E-state index >= 15 is 4.39 Å². The summed E-state index contributed by atoms with van der Waals surface area (Å²) >= 11 is 3.34. The molecule has 3 rings (SSSR count). The molecule has 178 valence electrons. The van der Waals surface area contributed by atoms with Crippen LogP contribution in [-0.2, 0) is 14.8 Å². The summed E-state index contributed by atoms with van der Waals surface area (Å²) in [7, 11) is -2.58. The molecule has 2 heterocycles. The third-order valence-corrected chi connectivity index (χ3v) is 11.3. The largest absolute Gasteiger partial charge is 0.400 e. The van der Waals surface area contributed by atoms with Crippen molar-refractivity contribution in [1.29, 1.82) is 0 Å². The van der Waals surface area contributed by atoms with Crippen molar-refractivity contribution >= 4 is 24.2 Å². The van der Waals surface area contributed by atoms with Crippen molar-refractivity contribution in [3.8, 4) is 0 Å². The van der Waals surface area contributed by atoms with Gasteiger partial charge in [-0.3, -0.25) is 0 Å². The van der Waals surface area contributed by atoms with E-state index in [1.807, 2.05) is 13.1 Å². The van der Waals surface area contributed by atoms with Crippen LogP contribution < -0.4 is 0 Å². The summed E-state index contributed by atoms with van der Waals surface area (Å²) in [6.45, 7) is 10.5. The number of hydrogen-bond donors (Lipinski definition) is 1. The summed E-state index contributed by atoms with van der Waals surface area (Å²) in [6, 6.07) is 4.01. The first kappa shape index (κ1) is 25.4. The second-order valence-corrected chi connectivity index (χ2v) is 15.2. The molecule has 1 aromatic heterocycles. The monoisotopic (exact) mass is 531 g/mol. The van der Waals surface area contributed by atoms with Gasteiger partial charge in [-0.05, 0) is 59.4 Å². The second kappa shape index (κ2) is 9.58. The molecule has 1 aromatic carbocycles. The van der Waals surface area contributed by atoms with E-state index in [1.165, 1.54) is 12.1 Å².